The van der Waals surface area contributed by atoms with E-state index in [0.29, 0.717) is 25.7 Å². The Bertz CT molecular complexity index is 168. The van der Waals surface area contributed by atoms with Crippen molar-refractivity contribution in [2.24, 2.45) is 11.7 Å². The molecule has 0 amide bonds. The maximum atomic E-state index is 5.72. The maximum Gasteiger partial charge on any atom is 0.111 e. The van der Waals surface area contributed by atoms with Gasteiger partial charge in [-0.25, -0.2) is 0 Å². The zero-order chi connectivity index (χ0) is 12.6. The van der Waals surface area contributed by atoms with Gasteiger partial charge in [-0.3, -0.25) is 0 Å². The summed E-state index contributed by atoms with van der Waals surface area (Å²) in [5.74, 6) is 0.570. The molecule has 22 heavy (non-hydrogen) atoms. The van der Waals surface area contributed by atoms with Crippen molar-refractivity contribution in [1.29, 1.82) is 0 Å². The van der Waals surface area contributed by atoms with Crippen LogP contribution in [0.1, 0.15) is 79.2 Å². The standard InChI is InChI=1S/C12H27NO3.6CH4/c1-10(2)8-14-6-7-15-9-11(3)16-12(4,5)13;;;;;;/h10-11H,6-9,13H2,1-5H3;6*1H4. The molecule has 1 atom stereocenters. The van der Waals surface area contributed by atoms with Crippen LogP contribution < -0.4 is 5.73 Å². The lowest BCUT2D eigenvalue weighted by Gasteiger charge is -2.24. The van der Waals surface area contributed by atoms with E-state index < -0.39 is 5.72 Å². The highest BCUT2D eigenvalue weighted by Gasteiger charge is 2.15. The highest BCUT2D eigenvalue weighted by atomic mass is 16.6. The summed E-state index contributed by atoms with van der Waals surface area (Å²) in [4.78, 5) is 0. The molecule has 0 rings (SSSR count). The molecule has 0 heterocycles. The first kappa shape index (κ1) is 43.1. The number of hydrogen-bond donors (Lipinski definition) is 1. The van der Waals surface area contributed by atoms with E-state index in [1.807, 2.05) is 20.8 Å². The van der Waals surface area contributed by atoms with Crippen molar-refractivity contribution in [2.45, 2.75) is 91.0 Å². The molecule has 0 aromatic rings. The lowest BCUT2D eigenvalue weighted by atomic mass is 10.2. The molecule has 0 saturated heterocycles. The average molecular weight is 330 g/mol. The molecule has 0 aliphatic rings. The lowest BCUT2D eigenvalue weighted by molar-refractivity contribution is -0.0946. The Labute approximate surface area is 144 Å². The van der Waals surface area contributed by atoms with Crippen LogP contribution in [0.4, 0.5) is 0 Å². The minimum absolute atomic E-state index is 0. The van der Waals surface area contributed by atoms with Gasteiger partial charge in [0.25, 0.3) is 0 Å². The summed E-state index contributed by atoms with van der Waals surface area (Å²) in [7, 11) is 0. The van der Waals surface area contributed by atoms with Gasteiger partial charge in [0.05, 0.1) is 25.9 Å². The van der Waals surface area contributed by atoms with Gasteiger partial charge in [0.15, 0.2) is 0 Å². The molecule has 0 spiro atoms. The van der Waals surface area contributed by atoms with Gasteiger partial charge >= 0.3 is 0 Å². The molecule has 4 heteroatoms. The smallest absolute Gasteiger partial charge is 0.111 e. The SMILES string of the molecule is C.C.C.C.C.C.CC(C)COCCOCC(C)OC(C)(C)N. The Kier molecular flexibility index (Phi) is 45.2. The molecule has 0 aromatic heterocycles. The van der Waals surface area contributed by atoms with E-state index in [1.54, 1.807) is 0 Å². The Morgan fingerprint density at radius 3 is 1.45 bits per heavy atom. The molecule has 0 fully saturated rings. The largest absolute Gasteiger partial charge is 0.379 e. The van der Waals surface area contributed by atoms with E-state index in [2.05, 4.69) is 13.8 Å². The first-order valence-corrected chi connectivity index (χ1v) is 5.93. The van der Waals surface area contributed by atoms with Gasteiger partial charge in [0.1, 0.15) is 5.72 Å². The Balaban J connectivity index is -0.0000000750. The minimum atomic E-state index is -0.600. The first-order valence-electron chi connectivity index (χ1n) is 5.93. The Morgan fingerprint density at radius 2 is 1.14 bits per heavy atom. The summed E-state index contributed by atoms with van der Waals surface area (Å²) < 4.78 is 16.3. The van der Waals surface area contributed by atoms with Gasteiger partial charge < -0.3 is 19.9 Å². The third-order valence-electron chi connectivity index (χ3n) is 1.68. The second-order valence-corrected chi connectivity index (χ2v) is 5.08. The monoisotopic (exact) mass is 329 g/mol. The van der Waals surface area contributed by atoms with E-state index in [1.165, 1.54) is 0 Å². The molecule has 146 valence electrons. The fraction of sp³-hybridized carbons (Fsp3) is 1.00. The van der Waals surface area contributed by atoms with Gasteiger partial charge in [-0.15, -0.1) is 0 Å². The first-order chi connectivity index (χ1) is 7.31. The van der Waals surface area contributed by atoms with E-state index in [4.69, 9.17) is 19.9 Å². The zero-order valence-corrected chi connectivity index (χ0v) is 11.3. The van der Waals surface area contributed by atoms with Crippen LogP contribution in [0.2, 0.25) is 0 Å². The molecule has 2 N–H and O–H groups in total. The van der Waals surface area contributed by atoms with Crippen molar-refractivity contribution in [3.63, 3.8) is 0 Å². The highest BCUT2D eigenvalue weighted by molar-refractivity contribution is 4.60. The Morgan fingerprint density at radius 1 is 0.773 bits per heavy atom. The summed E-state index contributed by atoms with van der Waals surface area (Å²) in [5.41, 5.74) is 5.12. The van der Waals surface area contributed by atoms with Gasteiger partial charge in [0.2, 0.25) is 0 Å². The number of hydrogen-bond acceptors (Lipinski definition) is 4. The molecule has 4 nitrogen and oxygen atoms in total. The van der Waals surface area contributed by atoms with Crippen LogP contribution in [0.5, 0.6) is 0 Å². The fourth-order valence-electron chi connectivity index (χ4n) is 1.24. The van der Waals surface area contributed by atoms with E-state index in [0.717, 1.165) is 6.61 Å². The Hall–Kier alpha value is -0.160. The van der Waals surface area contributed by atoms with Crippen molar-refractivity contribution in [1.82, 2.24) is 0 Å². The van der Waals surface area contributed by atoms with E-state index in [-0.39, 0.29) is 50.7 Å². The van der Waals surface area contributed by atoms with Crippen LogP contribution in [-0.2, 0) is 14.2 Å². The summed E-state index contributed by atoms with van der Waals surface area (Å²) in [6, 6.07) is 0. The summed E-state index contributed by atoms with van der Waals surface area (Å²) in [5, 5.41) is 0. The van der Waals surface area contributed by atoms with Crippen LogP contribution in [0.3, 0.4) is 0 Å². The molecule has 0 aliphatic heterocycles. The summed E-state index contributed by atoms with van der Waals surface area (Å²) in [6.45, 7) is 12.4. The zero-order valence-electron chi connectivity index (χ0n) is 11.3. The van der Waals surface area contributed by atoms with Crippen LogP contribution in [0.25, 0.3) is 0 Å². The predicted octanol–water partition coefficient (Wildman–Crippen LogP) is 5.59. The van der Waals surface area contributed by atoms with Crippen LogP contribution in [-0.4, -0.2) is 38.3 Å². The van der Waals surface area contributed by atoms with Crippen LogP contribution >= 0.6 is 0 Å². The summed E-state index contributed by atoms with van der Waals surface area (Å²) >= 11 is 0. The quantitative estimate of drug-likeness (QED) is 0.442. The molecule has 0 aliphatic carbocycles. The van der Waals surface area contributed by atoms with Gasteiger partial charge in [-0.05, 0) is 26.7 Å². The molecule has 0 radical (unpaired) electrons. The summed E-state index contributed by atoms with van der Waals surface area (Å²) in [6.07, 6.45) is 0.00472. The van der Waals surface area contributed by atoms with Crippen molar-refractivity contribution in [3.8, 4) is 0 Å². The second-order valence-electron chi connectivity index (χ2n) is 5.08. The lowest BCUT2D eigenvalue weighted by Crippen LogP contribution is -2.39. The van der Waals surface area contributed by atoms with E-state index in [9.17, 15) is 0 Å². The van der Waals surface area contributed by atoms with Crippen LogP contribution in [0, 0.1) is 5.92 Å². The molecule has 0 bridgehead atoms. The van der Waals surface area contributed by atoms with Crippen LogP contribution in [0.15, 0.2) is 0 Å². The fourth-order valence-corrected chi connectivity index (χ4v) is 1.24. The van der Waals surface area contributed by atoms with Gasteiger partial charge in [-0.2, -0.15) is 0 Å². The van der Waals surface area contributed by atoms with Gasteiger partial charge in [0, 0.05) is 6.61 Å². The number of rotatable bonds is 9. The number of ether oxygens (including phenoxy) is 3. The highest BCUT2D eigenvalue weighted by Crippen LogP contribution is 2.04. The molecule has 0 aromatic carbocycles. The van der Waals surface area contributed by atoms with Crippen molar-refractivity contribution in [3.05, 3.63) is 0 Å². The molecule has 0 saturated carbocycles. The second kappa shape index (κ2) is 23.1. The molecular formula is C18H51NO3. The average Bonchev–Trinajstić information content (AvgIpc) is 2.07. The topological polar surface area (TPSA) is 53.7 Å². The van der Waals surface area contributed by atoms with Crippen molar-refractivity contribution >= 4 is 0 Å². The number of nitrogens with two attached hydrogens (primary N) is 1. The third-order valence-corrected chi connectivity index (χ3v) is 1.68. The van der Waals surface area contributed by atoms with Gasteiger partial charge in [-0.1, -0.05) is 58.4 Å². The van der Waals surface area contributed by atoms with Crippen molar-refractivity contribution < 1.29 is 14.2 Å². The maximum absolute atomic E-state index is 5.72. The molecular weight excluding hydrogens is 278 g/mol. The third kappa shape index (κ3) is 36.8. The minimum Gasteiger partial charge on any atom is -0.379 e. The van der Waals surface area contributed by atoms with E-state index >= 15 is 0 Å². The predicted molar refractivity (Wildman–Crippen MR) is 106 cm³/mol. The molecule has 1 unspecified atom stereocenters. The van der Waals surface area contributed by atoms with Crippen molar-refractivity contribution in [2.75, 3.05) is 26.4 Å². The normalized spacial score (nSPS) is 10.5.